The molecule has 20 heavy (non-hydrogen) atoms. The first-order valence-electron chi connectivity index (χ1n) is 8.29. The lowest BCUT2D eigenvalue weighted by atomic mass is 9.81. The Balaban J connectivity index is 2.05. The number of nitrogens with two attached hydrogens (primary N) is 1. The number of nitrogens with zero attached hydrogens (tertiary/aromatic N) is 1. The van der Waals surface area contributed by atoms with Gasteiger partial charge in [-0.1, -0.05) is 20.8 Å². The first-order chi connectivity index (χ1) is 9.61. The van der Waals surface area contributed by atoms with Crippen LogP contribution in [0.1, 0.15) is 46.5 Å². The van der Waals surface area contributed by atoms with Crippen LogP contribution in [-0.4, -0.2) is 55.5 Å². The summed E-state index contributed by atoms with van der Waals surface area (Å²) in [6.45, 7) is 11.3. The van der Waals surface area contributed by atoms with Crippen LogP contribution < -0.4 is 5.73 Å². The second-order valence-corrected chi connectivity index (χ2v) is 6.71. The number of rotatable bonds is 6. The normalized spacial score (nSPS) is 35.1. The lowest BCUT2D eigenvalue weighted by Crippen LogP contribution is -2.60. The molecule has 2 fully saturated rings. The molecule has 2 N–H and O–H groups in total. The Kier molecular flexibility index (Phi) is 5.84. The quantitative estimate of drug-likeness (QED) is 0.810. The van der Waals surface area contributed by atoms with Gasteiger partial charge in [0.25, 0.3) is 0 Å². The Morgan fingerprint density at radius 1 is 1.30 bits per heavy atom. The zero-order chi connectivity index (χ0) is 14.6. The fourth-order valence-electron chi connectivity index (χ4n) is 3.66. The van der Waals surface area contributed by atoms with Gasteiger partial charge in [-0.2, -0.15) is 0 Å². The van der Waals surface area contributed by atoms with Gasteiger partial charge in [0.15, 0.2) is 0 Å². The molecule has 3 unspecified atom stereocenters. The third kappa shape index (κ3) is 3.53. The molecule has 0 aromatic heterocycles. The Hall–Kier alpha value is -0.160. The van der Waals surface area contributed by atoms with Crippen molar-refractivity contribution >= 4 is 0 Å². The first-order valence-corrected chi connectivity index (χ1v) is 8.29. The molecular weight excluding hydrogens is 252 g/mol. The van der Waals surface area contributed by atoms with Gasteiger partial charge >= 0.3 is 0 Å². The van der Waals surface area contributed by atoms with Crippen molar-refractivity contribution in [3.63, 3.8) is 0 Å². The maximum absolute atomic E-state index is 6.21. The fourth-order valence-corrected chi connectivity index (χ4v) is 3.66. The highest BCUT2D eigenvalue weighted by Gasteiger charge is 2.42. The van der Waals surface area contributed by atoms with Crippen molar-refractivity contribution < 1.29 is 9.47 Å². The molecule has 0 bridgehead atoms. The van der Waals surface area contributed by atoms with Crippen LogP contribution in [0.15, 0.2) is 0 Å². The molecule has 0 aromatic carbocycles. The highest BCUT2D eigenvalue weighted by atomic mass is 16.5. The van der Waals surface area contributed by atoms with Crippen LogP contribution in [-0.2, 0) is 9.47 Å². The molecule has 2 aliphatic heterocycles. The molecule has 0 amide bonds. The summed E-state index contributed by atoms with van der Waals surface area (Å²) < 4.78 is 11.8. The minimum Gasteiger partial charge on any atom is -0.378 e. The Morgan fingerprint density at radius 2 is 2.10 bits per heavy atom. The van der Waals surface area contributed by atoms with Gasteiger partial charge in [-0.15, -0.1) is 0 Å². The Morgan fingerprint density at radius 3 is 2.65 bits per heavy atom. The Labute approximate surface area is 124 Å². The SMILES string of the molecule is CCN(CC1CCCO1)C1(CN)CCOC(C(C)C)C1. The molecule has 4 heteroatoms. The summed E-state index contributed by atoms with van der Waals surface area (Å²) in [5, 5.41) is 0. The van der Waals surface area contributed by atoms with E-state index in [1.165, 1.54) is 12.8 Å². The lowest BCUT2D eigenvalue weighted by molar-refractivity contribution is -0.0944. The molecule has 0 spiro atoms. The van der Waals surface area contributed by atoms with Crippen LogP contribution in [0.3, 0.4) is 0 Å². The van der Waals surface area contributed by atoms with E-state index in [1.54, 1.807) is 0 Å². The van der Waals surface area contributed by atoms with Gasteiger partial charge in [-0.05, 0) is 38.1 Å². The summed E-state index contributed by atoms with van der Waals surface area (Å²) in [5.74, 6) is 0.558. The van der Waals surface area contributed by atoms with Crippen molar-refractivity contribution in [1.82, 2.24) is 4.90 Å². The minimum atomic E-state index is 0.105. The average molecular weight is 284 g/mol. The smallest absolute Gasteiger partial charge is 0.0703 e. The van der Waals surface area contributed by atoms with Crippen LogP contribution in [0, 0.1) is 5.92 Å². The minimum absolute atomic E-state index is 0.105. The van der Waals surface area contributed by atoms with Crippen LogP contribution in [0.5, 0.6) is 0 Å². The van der Waals surface area contributed by atoms with Gasteiger partial charge < -0.3 is 15.2 Å². The lowest BCUT2D eigenvalue weighted by Gasteiger charge is -2.49. The third-order valence-electron chi connectivity index (χ3n) is 5.10. The number of hydrogen-bond acceptors (Lipinski definition) is 4. The molecule has 0 aromatic rings. The second kappa shape index (κ2) is 7.21. The van der Waals surface area contributed by atoms with E-state index in [-0.39, 0.29) is 5.54 Å². The van der Waals surface area contributed by atoms with Gasteiger partial charge in [-0.25, -0.2) is 0 Å². The summed E-state index contributed by atoms with van der Waals surface area (Å²) >= 11 is 0. The number of hydrogen-bond donors (Lipinski definition) is 1. The van der Waals surface area contributed by atoms with Gasteiger partial charge in [0.05, 0.1) is 12.2 Å². The van der Waals surface area contributed by atoms with Crippen molar-refractivity contribution in [3.05, 3.63) is 0 Å². The van der Waals surface area contributed by atoms with Gasteiger partial charge in [0.1, 0.15) is 0 Å². The summed E-state index contributed by atoms with van der Waals surface area (Å²) in [5.41, 5.74) is 6.32. The van der Waals surface area contributed by atoms with Gasteiger partial charge in [0, 0.05) is 31.8 Å². The maximum atomic E-state index is 6.21. The first kappa shape index (κ1) is 16.2. The molecule has 2 rings (SSSR count). The van der Waals surface area contributed by atoms with E-state index in [9.17, 15) is 0 Å². The van der Waals surface area contributed by atoms with Crippen molar-refractivity contribution in [2.45, 2.75) is 64.2 Å². The molecule has 2 heterocycles. The standard InChI is InChI=1S/C16H32N2O2/c1-4-18(11-14-6-5-8-19-14)16(12-17)7-9-20-15(10-16)13(2)3/h13-15H,4-12,17H2,1-3H3. The van der Waals surface area contributed by atoms with Crippen molar-refractivity contribution in [1.29, 1.82) is 0 Å². The van der Waals surface area contributed by atoms with E-state index in [0.717, 1.165) is 45.7 Å². The molecule has 2 saturated heterocycles. The molecule has 0 aliphatic carbocycles. The molecule has 0 saturated carbocycles. The van der Waals surface area contributed by atoms with Gasteiger partial charge in [-0.3, -0.25) is 4.90 Å². The average Bonchev–Trinajstić information content (AvgIpc) is 2.97. The third-order valence-corrected chi connectivity index (χ3v) is 5.10. The van der Waals surface area contributed by atoms with E-state index in [2.05, 4.69) is 25.7 Å². The highest BCUT2D eigenvalue weighted by Crippen LogP contribution is 2.33. The molecule has 118 valence electrons. The second-order valence-electron chi connectivity index (χ2n) is 6.71. The van der Waals surface area contributed by atoms with Crippen molar-refractivity contribution in [2.24, 2.45) is 11.7 Å². The predicted octanol–water partition coefficient (Wildman–Crippen LogP) is 2.02. The molecule has 0 radical (unpaired) electrons. The molecule has 4 nitrogen and oxygen atoms in total. The topological polar surface area (TPSA) is 47.7 Å². The van der Waals surface area contributed by atoms with Crippen LogP contribution in [0.4, 0.5) is 0 Å². The van der Waals surface area contributed by atoms with E-state index in [0.29, 0.717) is 18.1 Å². The number of ether oxygens (including phenoxy) is 2. The Bertz CT molecular complexity index is 292. The predicted molar refractivity (Wildman–Crippen MR) is 81.8 cm³/mol. The van der Waals surface area contributed by atoms with E-state index in [4.69, 9.17) is 15.2 Å². The molecule has 2 aliphatic rings. The van der Waals surface area contributed by atoms with Crippen LogP contribution in [0.25, 0.3) is 0 Å². The maximum Gasteiger partial charge on any atom is 0.0703 e. The van der Waals surface area contributed by atoms with E-state index >= 15 is 0 Å². The zero-order valence-corrected chi connectivity index (χ0v) is 13.4. The van der Waals surface area contributed by atoms with E-state index < -0.39 is 0 Å². The van der Waals surface area contributed by atoms with E-state index in [1.807, 2.05) is 0 Å². The zero-order valence-electron chi connectivity index (χ0n) is 13.4. The summed E-state index contributed by atoms with van der Waals surface area (Å²) in [6, 6.07) is 0. The molecular formula is C16H32N2O2. The summed E-state index contributed by atoms with van der Waals surface area (Å²) in [6.07, 6.45) is 5.25. The summed E-state index contributed by atoms with van der Waals surface area (Å²) in [4.78, 5) is 2.57. The largest absolute Gasteiger partial charge is 0.378 e. The van der Waals surface area contributed by atoms with Crippen molar-refractivity contribution in [2.75, 3.05) is 32.8 Å². The van der Waals surface area contributed by atoms with Crippen molar-refractivity contribution in [3.8, 4) is 0 Å². The number of likely N-dealkylation sites (N-methyl/N-ethyl adjacent to an activating group) is 1. The fraction of sp³-hybridized carbons (Fsp3) is 1.00. The highest BCUT2D eigenvalue weighted by molar-refractivity contribution is 4.97. The monoisotopic (exact) mass is 284 g/mol. The van der Waals surface area contributed by atoms with Crippen LogP contribution in [0.2, 0.25) is 0 Å². The molecule has 3 atom stereocenters. The van der Waals surface area contributed by atoms with Gasteiger partial charge in [0.2, 0.25) is 0 Å². The summed E-state index contributed by atoms with van der Waals surface area (Å²) in [7, 11) is 0. The van der Waals surface area contributed by atoms with Crippen LogP contribution >= 0.6 is 0 Å².